The van der Waals surface area contributed by atoms with Gasteiger partial charge in [0.1, 0.15) is 0 Å². The number of hydrogen-bond donors (Lipinski definition) is 2. The molecule has 4 heteroatoms. The standard InChI is InChI=1S/C11H12Cl2N2/c1-6-7(4-5-14)8-2-3-9(12)10(13)11(8)15-6/h2-3,15H,4-5,14H2,1H3/p+1. The Hall–Kier alpha value is -0.700. The average molecular weight is 244 g/mol. The molecule has 2 aromatic rings. The molecule has 0 fully saturated rings. The van der Waals surface area contributed by atoms with Crippen molar-refractivity contribution >= 4 is 34.1 Å². The lowest BCUT2D eigenvalue weighted by molar-refractivity contribution is -0.366. The molecule has 0 atom stereocenters. The van der Waals surface area contributed by atoms with Crippen LogP contribution in [0.15, 0.2) is 12.1 Å². The molecule has 0 unspecified atom stereocenters. The van der Waals surface area contributed by atoms with Crippen molar-refractivity contribution in [2.24, 2.45) is 0 Å². The SMILES string of the molecule is Cc1[nH]c2c(Cl)c(Cl)ccc2c1CC[NH3+]. The van der Waals surface area contributed by atoms with Gasteiger partial charge in [0, 0.05) is 17.5 Å². The summed E-state index contributed by atoms with van der Waals surface area (Å²) < 4.78 is 0. The highest BCUT2D eigenvalue weighted by Gasteiger charge is 2.12. The van der Waals surface area contributed by atoms with Gasteiger partial charge in [0.05, 0.1) is 22.1 Å². The molecular weight excluding hydrogens is 231 g/mol. The number of H-pyrrole nitrogens is 1. The number of nitrogens with one attached hydrogen (secondary N) is 1. The van der Waals surface area contributed by atoms with E-state index < -0.39 is 0 Å². The highest BCUT2D eigenvalue weighted by Crippen LogP contribution is 2.33. The van der Waals surface area contributed by atoms with Crippen LogP contribution in [0, 0.1) is 6.92 Å². The van der Waals surface area contributed by atoms with Crippen LogP contribution >= 0.6 is 23.2 Å². The Balaban J connectivity index is 2.73. The maximum atomic E-state index is 6.13. The monoisotopic (exact) mass is 243 g/mol. The highest BCUT2D eigenvalue weighted by atomic mass is 35.5. The predicted octanol–water partition coefficient (Wildman–Crippen LogP) is 2.57. The molecule has 0 radical (unpaired) electrons. The Morgan fingerprint density at radius 3 is 2.73 bits per heavy atom. The van der Waals surface area contributed by atoms with Crippen LogP contribution in [0.1, 0.15) is 11.3 Å². The number of benzene rings is 1. The van der Waals surface area contributed by atoms with Gasteiger partial charge in [-0.1, -0.05) is 29.3 Å². The summed E-state index contributed by atoms with van der Waals surface area (Å²) >= 11 is 12.1. The summed E-state index contributed by atoms with van der Waals surface area (Å²) in [7, 11) is 0. The van der Waals surface area contributed by atoms with Crippen molar-refractivity contribution in [2.45, 2.75) is 13.3 Å². The van der Waals surface area contributed by atoms with E-state index in [2.05, 4.69) is 17.6 Å². The summed E-state index contributed by atoms with van der Waals surface area (Å²) in [6.45, 7) is 2.93. The zero-order chi connectivity index (χ0) is 11.0. The summed E-state index contributed by atoms with van der Waals surface area (Å²) in [5, 5.41) is 2.35. The zero-order valence-corrected chi connectivity index (χ0v) is 10.0. The van der Waals surface area contributed by atoms with E-state index in [1.165, 1.54) is 5.56 Å². The minimum absolute atomic E-state index is 0.589. The lowest BCUT2D eigenvalue weighted by Gasteiger charge is -1.99. The molecule has 2 rings (SSSR count). The van der Waals surface area contributed by atoms with Crippen molar-refractivity contribution in [3.05, 3.63) is 33.4 Å². The third-order valence-corrected chi connectivity index (χ3v) is 3.42. The first-order valence-electron chi connectivity index (χ1n) is 4.89. The van der Waals surface area contributed by atoms with E-state index in [1.807, 2.05) is 12.1 Å². The predicted molar refractivity (Wildman–Crippen MR) is 64.5 cm³/mol. The number of aromatic amines is 1. The van der Waals surface area contributed by atoms with Gasteiger partial charge >= 0.3 is 0 Å². The first-order valence-corrected chi connectivity index (χ1v) is 5.65. The second-order valence-corrected chi connectivity index (χ2v) is 4.40. The van der Waals surface area contributed by atoms with Crippen LogP contribution < -0.4 is 5.73 Å². The Kier molecular flexibility index (Phi) is 2.91. The zero-order valence-electron chi connectivity index (χ0n) is 8.53. The van der Waals surface area contributed by atoms with Crippen molar-refractivity contribution in [1.29, 1.82) is 0 Å². The lowest BCUT2D eigenvalue weighted by atomic mass is 10.1. The molecule has 0 amide bonds. The van der Waals surface area contributed by atoms with Crippen LogP contribution in [0.4, 0.5) is 0 Å². The van der Waals surface area contributed by atoms with E-state index in [0.29, 0.717) is 10.0 Å². The average Bonchev–Trinajstić information content (AvgIpc) is 2.52. The molecule has 2 nitrogen and oxygen atoms in total. The molecule has 4 N–H and O–H groups in total. The summed E-state index contributed by atoms with van der Waals surface area (Å²) in [4.78, 5) is 3.28. The topological polar surface area (TPSA) is 43.4 Å². The van der Waals surface area contributed by atoms with Crippen LogP contribution in [-0.4, -0.2) is 11.5 Å². The lowest BCUT2D eigenvalue weighted by Crippen LogP contribution is -2.51. The summed E-state index contributed by atoms with van der Waals surface area (Å²) in [6, 6.07) is 3.85. The number of fused-ring (bicyclic) bond motifs is 1. The third-order valence-electron chi connectivity index (χ3n) is 2.61. The molecule has 0 aliphatic heterocycles. The van der Waals surface area contributed by atoms with Gasteiger partial charge in [-0.15, -0.1) is 0 Å². The molecule has 1 heterocycles. The van der Waals surface area contributed by atoms with Gasteiger partial charge in [-0.25, -0.2) is 0 Å². The Morgan fingerprint density at radius 2 is 2.07 bits per heavy atom. The van der Waals surface area contributed by atoms with Gasteiger partial charge in [0.25, 0.3) is 0 Å². The molecule has 1 aromatic carbocycles. The van der Waals surface area contributed by atoms with Gasteiger partial charge in [0.2, 0.25) is 0 Å². The number of rotatable bonds is 2. The fourth-order valence-corrected chi connectivity index (χ4v) is 2.26. The molecule has 0 spiro atoms. The number of quaternary nitrogens is 1. The Morgan fingerprint density at radius 1 is 1.33 bits per heavy atom. The van der Waals surface area contributed by atoms with Gasteiger partial charge in [-0.2, -0.15) is 0 Å². The van der Waals surface area contributed by atoms with Crippen LogP contribution in [0.3, 0.4) is 0 Å². The van der Waals surface area contributed by atoms with Crippen molar-refractivity contribution in [3.63, 3.8) is 0 Å². The smallest absolute Gasteiger partial charge is 0.0833 e. The van der Waals surface area contributed by atoms with E-state index in [0.717, 1.165) is 29.6 Å². The van der Waals surface area contributed by atoms with Crippen molar-refractivity contribution in [3.8, 4) is 0 Å². The van der Waals surface area contributed by atoms with Gasteiger partial charge in [-0.05, 0) is 18.6 Å². The number of hydrogen-bond acceptors (Lipinski definition) is 0. The van der Waals surface area contributed by atoms with E-state index in [-0.39, 0.29) is 0 Å². The van der Waals surface area contributed by atoms with E-state index in [4.69, 9.17) is 23.2 Å². The molecule has 0 saturated carbocycles. The molecule has 0 saturated heterocycles. The van der Waals surface area contributed by atoms with Crippen molar-refractivity contribution < 1.29 is 5.73 Å². The van der Waals surface area contributed by atoms with Crippen molar-refractivity contribution in [1.82, 2.24) is 4.98 Å². The maximum Gasteiger partial charge on any atom is 0.0833 e. The maximum absolute atomic E-state index is 6.13. The molecule has 0 aliphatic carbocycles. The van der Waals surface area contributed by atoms with Gasteiger partial charge in [-0.3, -0.25) is 0 Å². The van der Waals surface area contributed by atoms with E-state index in [1.54, 1.807) is 0 Å². The fraction of sp³-hybridized carbons (Fsp3) is 0.273. The molecule has 0 bridgehead atoms. The summed E-state index contributed by atoms with van der Waals surface area (Å²) in [5.74, 6) is 0. The molecule has 80 valence electrons. The molecule has 1 aromatic heterocycles. The number of aromatic nitrogens is 1. The van der Waals surface area contributed by atoms with Gasteiger partial charge in [0.15, 0.2) is 0 Å². The first kappa shape index (κ1) is 10.8. The molecular formula is C11H13Cl2N2+. The highest BCUT2D eigenvalue weighted by molar-refractivity contribution is 6.45. The normalized spacial score (nSPS) is 11.2. The fourth-order valence-electron chi connectivity index (χ4n) is 1.89. The quantitative estimate of drug-likeness (QED) is 0.815. The summed E-state index contributed by atoms with van der Waals surface area (Å²) in [6.07, 6.45) is 0.962. The van der Waals surface area contributed by atoms with Crippen LogP contribution in [0.5, 0.6) is 0 Å². The number of halogens is 2. The van der Waals surface area contributed by atoms with Crippen LogP contribution in [0.2, 0.25) is 10.0 Å². The minimum atomic E-state index is 0.589. The van der Waals surface area contributed by atoms with Crippen molar-refractivity contribution in [2.75, 3.05) is 6.54 Å². The Labute approximate surface area is 98.4 Å². The second kappa shape index (κ2) is 4.05. The van der Waals surface area contributed by atoms with Gasteiger partial charge < -0.3 is 10.7 Å². The van der Waals surface area contributed by atoms with E-state index >= 15 is 0 Å². The third kappa shape index (κ3) is 1.73. The second-order valence-electron chi connectivity index (χ2n) is 3.62. The van der Waals surface area contributed by atoms with Crippen LogP contribution in [-0.2, 0) is 6.42 Å². The first-order chi connectivity index (χ1) is 7.15. The Bertz CT molecular complexity index is 503. The van der Waals surface area contributed by atoms with Crippen LogP contribution in [0.25, 0.3) is 10.9 Å². The largest absolute Gasteiger partial charge is 0.357 e. The summed E-state index contributed by atoms with van der Waals surface area (Å²) in [5.41, 5.74) is 7.25. The minimum Gasteiger partial charge on any atom is -0.357 e. The number of aryl methyl sites for hydroxylation is 1. The van der Waals surface area contributed by atoms with E-state index in [9.17, 15) is 0 Å². The molecule has 15 heavy (non-hydrogen) atoms. The molecule has 0 aliphatic rings.